The summed E-state index contributed by atoms with van der Waals surface area (Å²) in [5.74, 6) is 0.821. The Balaban J connectivity index is 2.26. The highest BCUT2D eigenvalue weighted by molar-refractivity contribution is 6.64. The first-order valence-corrected chi connectivity index (χ1v) is 3.32. The highest BCUT2D eigenvalue weighted by atomic mass is 35.5. The third kappa shape index (κ3) is 1.03. The summed E-state index contributed by atoms with van der Waals surface area (Å²) < 4.78 is 0. The van der Waals surface area contributed by atoms with Gasteiger partial charge in [-0.15, -0.1) is 0 Å². The van der Waals surface area contributed by atoms with Gasteiger partial charge in [0.2, 0.25) is 5.24 Å². The molecule has 0 bridgehead atoms. The van der Waals surface area contributed by atoms with Crippen molar-refractivity contribution in [2.24, 2.45) is 11.8 Å². The number of carbonyl (C=O) groups is 1. The standard InChI is InChI=1S/C6H9ClO/c1-2-4-3-5(4)6(7)8/h4-5H,2-3H2,1H3. The molecule has 2 heteroatoms. The monoisotopic (exact) mass is 132 g/mol. The summed E-state index contributed by atoms with van der Waals surface area (Å²) >= 11 is 5.21. The second-order valence-electron chi connectivity index (χ2n) is 2.31. The summed E-state index contributed by atoms with van der Waals surface area (Å²) in [7, 11) is 0. The van der Waals surface area contributed by atoms with Crippen molar-refractivity contribution in [3.63, 3.8) is 0 Å². The van der Waals surface area contributed by atoms with Crippen LogP contribution < -0.4 is 0 Å². The second kappa shape index (κ2) is 2.06. The molecule has 0 aromatic heterocycles. The summed E-state index contributed by atoms with van der Waals surface area (Å²) in [5, 5.41) is -0.142. The van der Waals surface area contributed by atoms with E-state index in [4.69, 9.17) is 11.6 Å². The van der Waals surface area contributed by atoms with Crippen LogP contribution in [-0.2, 0) is 4.79 Å². The minimum absolute atomic E-state index is 0.142. The van der Waals surface area contributed by atoms with Crippen molar-refractivity contribution in [3.8, 4) is 0 Å². The zero-order valence-electron chi connectivity index (χ0n) is 4.86. The molecule has 0 amide bonds. The lowest BCUT2D eigenvalue weighted by molar-refractivity contribution is -0.113. The summed E-state index contributed by atoms with van der Waals surface area (Å²) in [5.41, 5.74) is 0. The number of carbonyl (C=O) groups excluding carboxylic acids is 1. The van der Waals surface area contributed by atoms with Gasteiger partial charge in [-0.3, -0.25) is 4.79 Å². The van der Waals surface area contributed by atoms with E-state index < -0.39 is 0 Å². The molecule has 0 saturated heterocycles. The van der Waals surface area contributed by atoms with Crippen LogP contribution in [0.2, 0.25) is 0 Å². The molecule has 1 aliphatic carbocycles. The van der Waals surface area contributed by atoms with Gasteiger partial charge in [-0.05, 0) is 23.9 Å². The predicted molar refractivity (Wildman–Crippen MR) is 32.7 cm³/mol. The van der Waals surface area contributed by atoms with Gasteiger partial charge in [0, 0.05) is 5.92 Å². The van der Waals surface area contributed by atoms with E-state index in [1.165, 1.54) is 0 Å². The molecule has 2 atom stereocenters. The number of halogens is 1. The van der Waals surface area contributed by atoms with Crippen molar-refractivity contribution in [2.75, 3.05) is 0 Å². The van der Waals surface area contributed by atoms with Gasteiger partial charge in [0.25, 0.3) is 0 Å². The summed E-state index contributed by atoms with van der Waals surface area (Å²) in [6.45, 7) is 2.09. The van der Waals surface area contributed by atoms with Crippen LogP contribution in [0.1, 0.15) is 19.8 Å². The van der Waals surface area contributed by atoms with Crippen molar-refractivity contribution in [2.45, 2.75) is 19.8 Å². The van der Waals surface area contributed by atoms with Crippen LogP contribution in [0.4, 0.5) is 0 Å². The van der Waals surface area contributed by atoms with Gasteiger partial charge in [0.05, 0.1) is 0 Å². The van der Waals surface area contributed by atoms with E-state index in [0.717, 1.165) is 12.8 Å². The Labute approximate surface area is 54.0 Å². The molecule has 0 aliphatic heterocycles. The first kappa shape index (κ1) is 6.09. The van der Waals surface area contributed by atoms with Crippen LogP contribution in [0.5, 0.6) is 0 Å². The average Bonchev–Trinajstić information content (AvgIpc) is 2.42. The van der Waals surface area contributed by atoms with Crippen molar-refractivity contribution in [1.82, 2.24) is 0 Å². The molecule has 0 aromatic rings. The normalized spacial score (nSPS) is 34.8. The number of hydrogen-bond acceptors (Lipinski definition) is 1. The molecule has 2 unspecified atom stereocenters. The summed E-state index contributed by atoms with van der Waals surface area (Å²) in [4.78, 5) is 10.3. The molecule has 1 saturated carbocycles. The molecule has 0 aromatic carbocycles. The maximum atomic E-state index is 10.3. The van der Waals surface area contributed by atoms with Crippen LogP contribution in [-0.4, -0.2) is 5.24 Å². The zero-order chi connectivity index (χ0) is 6.15. The lowest BCUT2D eigenvalue weighted by Gasteiger charge is -1.83. The Hall–Kier alpha value is -0.0400. The van der Waals surface area contributed by atoms with Crippen molar-refractivity contribution >= 4 is 16.8 Å². The van der Waals surface area contributed by atoms with E-state index >= 15 is 0 Å². The summed E-state index contributed by atoms with van der Waals surface area (Å²) in [6.07, 6.45) is 2.13. The first-order valence-electron chi connectivity index (χ1n) is 2.95. The quantitative estimate of drug-likeness (QED) is 0.524. The third-order valence-corrected chi connectivity index (χ3v) is 2.02. The second-order valence-corrected chi connectivity index (χ2v) is 2.69. The largest absolute Gasteiger partial charge is 0.281 e. The molecule has 0 N–H and O–H groups in total. The van der Waals surface area contributed by atoms with Crippen LogP contribution in [0, 0.1) is 11.8 Å². The van der Waals surface area contributed by atoms with E-state index in [-0.39, 0.29) is 11.2 Å². The molecule has 8 heavy (non-hydrogen) atoms. The van der Waals surface area contributed by atoms with Crippen molar-refractivity contribution < 1.29 is 4.79 Å². The van der Waals surface area contributed by atoms with Crippen molar-refractivity contribution in [3.05, 3.63) is 0 Å². The molecule has 1 nitrogen and oxygen atoms in total. The molecular formula is C6H9ClO. The van der Waals surface area contributed by atoms with Crippen LogP contribution in [0.25, 0.3) is 0 Å². The minimum Gasteiger partial charge on any atom is -0.281 e. The van der Waals surface area contributed by atoms with Crippen LogP contribution in [0.15, 0.2) is 0 Å². The average molecular weight is 133 g/mol. The fourth-order valence-electron chi connectivity index (χ4n) is 0.977. The molecule has 1 aliphatic rings. The minimum atomic E-state index is -0.142. The van der Waals surface area contributed by atoms with Crippen LogP contribution in [0.3, 0.4) is 0 Å². The van der Waals surface area contributed by atoms with E-state index in [9.17, 15) is 4.79 Å². The fraction of sp³-hybridized carbons (Fsp3) is 0.833. The molecular weight excluding hydrogens is 124 g/mol. The molecule has 0 radical (unpaired) electrons. The van der Waals surface area contributed by atoms with E-state index in [1.807, 2.05) is 0 Å². The first-order chi connectivity index (χ1) is 3.75. The van der Waals surface area contributed by atoms with E-state index in [0.29, 0.717) is 5.92 Å². The maximum Gasteiger partial charge on any atom is 0.225 e. The molecule has 0 spiro atoms. The van der Waals surface area contributed by atoms with E-state index in [2.05, 4.69) is 6.92 Å². The molecule has 46 valence electrons. The van der Waals surface area contributed by atoms with Crippen molar-refractivity contribution in [1.29, 1.82) is 0 Å². The van der Waals surface area contributed by atoms with Gasteiger partial charge in [0.15, 0.2) is 0 Å². The number of hydrogen-bond donors (Lipinski definition) is 0. The molecule has 1 fully saturated rings. The highest BCUT2D eigenvalue weighted by Crippen LogP contribution is 2.42. The van der Waals surface area contributed by atoms with Gasteiger partial charge in [-0.2, -0.15) is 0 Å². The van der Waals surface area contributed by atoms with Gasteiger partial charge in [-0.25, -0.2) is 0 Å². The Morgan fingerprint density at radius 3 is 2.62 bits per heavy atom. The topological polar surface area (TPSA) is 17.1 Å². The smallest absolute Gasteiger partial charge is 0.225 e. The van der Waals surface area contributed by atoms with Gasteiger partial charge < -0.3 is 0 Å². The highest BCUT2D eigenvalue weighted by Gasteiger charge is 2.40. The lowest BCUT2D eigenvalue weighted by Crippen LogP contribution is -1.89. The Kier molecular flexibility index (Phi) is 1.57. The molecule has 0 heterocycles. The number of rotatable bonds is 2. The van der Waals surface area contributed by atoms with Gasteiger partial charge in [0.1, 0.15) is 0 Å². The zero-order valence-corrected chi connectivity index (χ0v) is 5.61. The fourth-order valence-corrected chi connectivity index (χ4v) is 1.24. The Bertz CT molecular complexity index is 111. The summed E-state index contributed by atoms with van der Waals surface area (Å²) in [6, 6.07) is 0. The SMILES string of the molecule is CCC1CC1C(=O)Cl. The Morgan fingerprint density at radius 1 is 1.88 bits per heavy atom. The Morgan fingerprint density at radius 2 is 2.50 bits per heavy atom. The lowest BCUT2D eigenvalue weighted by atomic mass is 10.3. The van der Waals surface area contributed by atoms with E-state index in [1.54, 1.807) is 0 Å². The van der Waals surface area contributed by atoms with Crippen LogP contribution >= 0.6 is 11.6 Å². The predicted octanol–water partition coefficient (Wildman–Crippen LogP) is 1.80. The molecule has 1 rings (SSSR count). The van der Waals surface area contributed by atoms with Gasteiger partial charge >= 0.3 is 0 Å². The maximum absolute atomic E-state index is 10.3. The third-order valence-electron chi connectivity index (χ3n) is 1.74. The van der Waals surface area contributed by atoms with Gasteiger partial charge in [-0.1, -0.05) is 13.3 Å².